The van der Waals surface area contributed by atoms with Crippen LogP contribution in [0.4, 0.5) is 5.69 Å². The largest absolute Gasteiger partial charge is 0.477 e. The molecule has 0 atom stereocenters. The molecule has 0 fully saturated rings. The number of anilines is 1. The molecule has 1 aromatic heterocycles. The molecule has 24 heavy (non-hydrogen) atoms. The Labute approximate surface area is 144 Å². The van der Waals surface area contributed by atoms with E-state index >= 15 is 0 Å². The Balaban J connectivity index is 2.48. The highest BCUT2D eigenvalue weighted by Gasteiger charge is 2.25. The van der Waals surface area contributed by atoms with Crippen molar-refractivity contribution in [3.8, 4) is 10.4 Å². The maximum atomic E-state index is 11.4. The molecule has 0 spiro atoms. The SMILES string of the molecule is CCC(=C(C(=O)O)C(=O)O)N(CC)c1csc(-c2ccccc2)c1. The van der Waals surface area contributed by atoms with Crippen LogP contribution in [0.25, 0.3) is 10.4 Å². The second kappa shape index (κ2) is 7.79. The lowest BCUT2D eigenvalue weighted by Gasteiger charge is -2.25. The molecule has 0 aliphatic rings. The number of carbonyl (C=O) groups is 2. The maximum Gasteiger partial charge on any atom is 0.344 e. The van der Waals surface area contributed by atoms with E-state index in [2.05, 4.69) is 0 Å². The molecule has 0 amide bonds. The summed E-state index contributed by atoms with van der Waals surface area (Å²) in [6.45, 7) is 4.11. The molecule has 5 nitrogen and oxygen atoms in total. The van der Waals surface area contributed by atoms with Gasteiger partial charge in [0.1, 0.15) is 0 Å². The van der Waals surface area contributed by atoms with Gasteiger partial charge in [0.25, 0.3) is 0 Å². The Kier molecular flexibility index (Phi) is 5.76. The molecular formula is C18H19NO4S. The van der Waals surface area contributed by atoms with E-state index in [9.17, 15) is 19.8 Å². The van der Waals surface area contributed by atoms with Gasteiger partial charge in [-0.2, -0.15) is 0 Å². The molecule has 0 radical (unpaired) electrons. The van der Waals surface area contributed by atoms with Gasteiger partial charge in [-0.05, 0) is 25.0 Å². The van der Waals surface area contributed by atoms with E-state index in [1.54, 1.807) is 23.2 Å². The molecule has 2 N–H and O–H groups in total. The topological polar surface area (TPSA) is 77.8 Å². The van der Waals surface area contributed by atoms with Crippen molar-refractivity contribution in [2.45, 2.75) is 20.3 Å². The standard InChI is InChI=1S/C18H19NO4S/c1-3-14(16(17(20)21)18(22)23)19(4-2)13-10-15(24-11-13)12-8-6-5-7-9-12/h5-11H,3-4H2,1-2H3,(H,20,21)(H,22,23). The van der Waals surface area contributed by atoms with Crippen molar-refractivity contribution in [3.05, 3.63) is 53.0 Å². The predicted octanol–water partition coefficient (Wildman–Crippen LogP) is 4.07. The lowest BCUT2D eigenvalue weighted by Crippen LogP contribution is -2.27. The molecule has 0 unspecified atom stereocenters. The van der Waals surface area contributed by atoms with Crippen LogP contribution < -0.4 is 4.90 Å². The summed E-state index contributed by atoms with van der Waals surface area (Å²) in [6.07, 6.45) is 0.318. The first-order chi connectivity index (χ1) is 11.5. The van der Waals surface area contributed by atoms with Crippen LogP contribution in [0.3, 0.4) is 0 Å². The van der Waals surface area contributed by atoms with Crippen LogP contribution in [-0.2, 0) is 9.59 Å². The van der Waals surface area contributed by atoms with Crippen LogP contribution >= 0.6 is 11.3 Å². The Morgan fingerprint density at radius 2 is 1.71 bits per heavy atom. The molecule has 0 saturated carbocycles. The van der Waals surface area contributed by atoms with E-state index in [1.807, 2.05) is 48.7 Å². The molecule has 0 aliphatic carbocycles. The summed E-state index contributed by atoms with van der Waals surface area (Å²) in [7, 11) is 0. The summed E-state index contributed by atoms with van der Waals surface area (Å²) in [5.41, 5.74) is 1.60. The molecule has 2 aromatic rings. The van der Waals surface area contributed by atoms with Crippen LogP contribution in [0.5, 0.6) is 0 Å². The minimum absolute atomic E-state index is 0.301. The number of hydrogen-bond donors (Lipinski definition) is 2. The summed E-state index contributed by atoms with van der Waals surface area (Å²) in [4.78, 5) is 25.5. The fraction of sp³-hybridized carbons (Fsp3) is 0.222. The van der Waals surface area contributed by atoms with Crippen LogP contribution in [-0.4, -0.2) is 28.7 Å². The number of hydrogen-bond acceptors (Lipinski definition) is 4. The highest BCUT2D eigenvalue weighted by molar-refractivity contribution is 7.14. The molecule has 126 valence electrons. The zero-order chi connectivity index (χ0) is 17.7. The average molecular weight is 345 g/mol. The summed E-state index contributed by atoms with van der Waals surface area (Å²) in [5.74, 6) is -2.84. The highest BCUT2D eigenvalue weighted by Crippen LogP contribution is 2.34. The van der Waals surface area contributed by atoms with Crippen LogP contribution in [0.2, 0.25) is 0 Å². The van der Waals surface area contributed by atoms with Crippen LogP contribution in [0.1, 0.15) is 20.3 Å². The first-order valence-corrected chi connectivity index (χ1v) is 8.48. The number of aliphatic carboxylic acids is 2. The second-order valence-corrected chi connectivity index (χ2v) is 5.98. The van der Waals surface area contributed by atoms with Crippen molar-refractivity contribution in [3.63, 3.8) is 0 Å². The molecular weight excluding hydrogens is 326 g/mol. The molecule has 6 heteroatoms. The first kappa shape index (κ1) is 17.7. The van der Waals surface area contributed by atoms with Gasteiger partial charge in [0, 0.05) is 22.5 Å². The third-order valence-electron chi connectivity index (χ3n) is 3.65. The highest BCUT2D eigenvalue weighted by atomic mass is 32.1. The summed E-state index contributed by atoms with van der Waals surface area (Å²) in [5, 5.41) is 20.4. The zero-order valence-electron chi connectivity index (χ0n) is 13.5. The minimum atomic E-state index is -1.42. The lowest BCUT2D eigenvalue weighted by molar-refractivity contribution is -0.140. The molecule has 0 saturated heterocycles. The van der Waals surface area contributed by atoms with E-state index in [0.717, 1.165) is 16.1 Å². The first-order valence-electron chi connectivity index (χ1n) is 7.60. The van der Waals surface area contributed by atoms with Crippen molar-refractivity contribution < 1.29 is 19.8 Å². The zero-order valence-corrected chi connectivity index (χ0v) is 14.3. The fourth-order valence-corrected chi connectivity index (χ4v) is 3.50. The van der Waals surface area contributed by atoms with Gasteiger partial charge < -0.3 is 15.1 Å². The fourth-order valence-electron chi connectivity index (χ4n) is 2.59. The average Bonchev–Trinajstić information content (AvgIpc) is 3.04. The van der Waals surface area contributed by atoms with Crippen LogP contribution in [0.15, 0.2) is 53.0 Å². The number of carboxylic acid groups (broad SMARTS) is 2. The van der Waals surface area contributed by atoms with Gasteiger partial charge in [0.05, 0.1) is 5.69 Å². The number of allylic oxidation sites excluding steroid dienone is 1. The minimum Gasteiger partial charge on any atom is -0.477 e. The number of rotatable bonds is 7. The van der Waals surface area contributed by atoms with Gasteiger partial charge in [-0.15, -0.1) is 11.3 Å². The van der Waals surface area contributed by atoms with E-state index in [-0.39, 0.29) is 0 Å². The molecule has 2 rings (SSSR count). The number of benzene rings is 1. The maximum absolute atomic E-state index is 11.4. The quantitative estimate of drug-likeness (QED) is 0.449. The summed E-state index contributed by atoms with van der Waals surface area (Å²) in [6, 6.07) is 11.8. The van der Waals surface area contributed by atoms with E-state index in [1.165, 1.54) is 0 Å². The third kappa shape index (κ3) is 3.65. The molecule has 1 heterocycles. The number of thiophene rings is 1. The van der Waals surface area contributed by atoms with Crippen molar-refractivity contribution in [1.82, 2.24) is 0 Å². The Morgan fingerprint density at radius 1 is 1.08 bits per heavy atom. The van der Waals surface area contributed by atoms with E-state index in [0.29, 0.717) is 18.7 Å². The number of carboxylic acids is 2. The van der Waals surface area contributed by atoms with Gasteiger partial charge >= 0.3 is 11.9 Å². The predicted molar refractivity (Wildman–Crippen MR) is 95.4 cm³/mol. The monoisotopic (exact) mass is 345 g/mol. The van der Waals surface area contributed by atoms with Gasteiger partial charge in [-0.25, -0.2) is 9.59 Å². The van der Waals surface area contributed by atoms with Gasteiger partial charge in [-0.1, -0.05) is 37.3 Å². The molecule has 0 aliphatic heterocycles. The Hall–Kier alpha value is -2.60. The van der Waals surface area contributed by atoms with Gasteiger partial charge in [0.2, 0.25) is 0 Å². The van der Waals surface area contributed by atoms with Crippen molar-refractivity contribution in [2.24, 2.45) is 0 Å². The smallest absolute Gasteiger partial charge is 0.344 e. The van der Waals surface area contributed by atoms with E-state index < -0.39 is 17.5 Å². The summed E-state index contributed by atoms with van der Waals surface area (Å²) < 4.78 is 0. The Bertz CT molecular complexity index is 748. The van der Waals surface area contributed by atoms with Gasteiger partial charge in [0.15, 0.2) is 5.57 Å². The third-order valence-corrected chi connectivity index (χ3v) is 4.62. The Morgan fingerprint density at radius 3 is 2.21 bits per heavy atom. The number of nitrogens with zero attached hydrogens (tertiary/aromatic N) is 1. The van der Waals surface area contributed by atoms with Gasteiger partial charge in [-0.3, -0.25) is 0 Å². The lowest BCUT2D eigenvalue weighted by atomic mass is 10.1. The normalized spacial score (nSPS) is 10.2. The summed E-state index contributed by atoms with van der Waals surface area (Å²) >= 11 is 1.54. The molecule has 0 bridgehead atoms. The second-order valence-electron chi connectivity index (χ2n) is 5.06. The van der Waals surface area contributed by atoms with Crippen molar-refractivity contribution in [2.75, 3.05) is 11.4 Å². The van der Waals surface area contributed by atoms with Crippen molar-refractivity contribution >= 4 is 29.0 Å². The molecule has 1 aromatic carbocycles. The van der Waals surface area contributed by atoms with E-state index in [4.69, 9.17) is 0 Å². The van der Waals surface area contributed by atoms with Crippen molar-refractivity contribution in [1.29, 1.82) is 0 Å². The van der Waals surface area contributed by atoms with Crippen LogP contribution in [0, 0.1) is 0 Å².